The predicted molar refractivity (Wildman–Crippen MR) is 83.5 cm³/mol. The SMILES string of the molecule is CCCN(CCC)C(CN)c1cccc(OC)c1OC. The summed E-state index contributed by atoms with van der Waals surface area (Å²) in [6, 6.07) is 6.16. The van der Waals surface area contributed by atoms with E-state index >= 15 is 0 Å². The van der Waals surface area contributed by atoms with E-state index in [9.17, 15) is 0 Å². The van der Waals surface area contributed by atoms with Crippen LogP contribution in [0.3, 0.4) is 0 Å². The van der Waals surface area contributed by atoms with Crippen LogP contribution in [0.4, 0.5) is 0 Å². The van der Waals surface area contributed by atoms with Crippen LogP contribution in [0.1, 0.15) is 38.3 Å². The summed E-state index contributed by atoms with van der Waals surface area (Å²) < 4.78 is 10.9. The van der Waals surface area contributed by atoms with Crippen molar-refractivity contribution in [1.29, 1.82) is 0 Å². The summed E-state index contributed by atoms with van der Waals surface area (Å²) in [6.07, 6.45) is 2.23. The Bertz CT molecular complexity index is 390. The summed E-state index contributed by atoms with van der Waals surface area (Å²) >= 11 is 0. The molecule has 0 aliphatic heterocycles. The maximum absolute atomic E-state index is 6.04. The van der Waals surface area contributed by atoms with Gasteiger partial charge in [0.25, 0.3) is 0 Å². The van der Waals surface area contributed by atoms with Gasteiger partial charge in [0.05, 0.1) is 20.3 Å². The third-order valence-corrected chi connectivity index (χ3v) is 3.48. The molecule has 0 saturated carbocycles. The number of methoxy groups -OCH3 is 2. The van der Waals surface area contributed by atoms with Crippen molar-refractivity contribution in [2.75, 3.05) is 33.9 Å². The van der Waals surface area contributed by atoms with Crippen LogP contribution in [0, 0.1) is 0 Å². The Labute approximate surface area is 122 Å². The minimum absolute atomic E-state index is 0.167. The lowest BCUT2D eigenvalue weighted by molar-refractivity contribution is 0.197. The van der Waals surface area contributed by atoms with Crippen LogP contribution >= 0.6 is 0 Å². The zero-order valence-electron chi connectivity index (χ0n) is 13.2. The molecule has 1 aromatic carbocycles. The normalized spacial score (nSPS) is 12.5. The highest BCUT2D eigenvalue weighted by atomic mass is 16.5. The first-order valence-corrected chi connectivity index (χ1v) is 7.38. The van der Waals surface area contributed by atoms with Gasteiger partial charge in [0.1, 0.15) is 0 Å². The third kappa shape index (κ3) is 3.87. The van der Waals surface area contributed by atoms with Gasteiger partial charge in [0.2, 0.25) is 0 Å². The molecule has 20 heavy (non-hydrogen) atoms. The molecule has 0 bridgehead atoms. The van der Waals surface area contributed by atoms with Gasteiger partial charge in [-0.15, -0.1) is 0 Å². The van der Waals surface area contributed by atoms with Crippen LogP contribution < -0.4 is 15.2 Å². The molecule has 4 heteroatoms. The van der Waals surface area contributed by atoms with Crippen molar-refractivity contribution in [3.05, 3.63) is 23.8 Å². The molecule has 1 atom stereocenters. The summed E-state index contributed by atoms with van der Waals surface area (Å²) in [5.41, 5.74) is 7.15. The second kappa shape index (κ2) is 8.82. The molecule has 1 rings (SSSR count). The minimum atomic E-state index is 0.167. The van der Waals surface area contributed by atoms with Crippen LogP contribution in [0.2, 0.25) is 0 Å². The molecular weight excluding hydrogens is 252 g/mol. The monoisotopic (exact) mass is 280 g/mol. The number of para-hydroxylation sites is 1. The molecule has 114 valence electrons. The van der Waals surface area contributed by atoms with Crippen molar-refractivity contribution in [1.82, 2.24) is 4.90 Å². The van der Waals surface area contributed by atoms with E-state index in [1.165, 1.54) is 0 Å². The number of ether oxygens (including phenoxy) is 2. The molecule has 0 amide bonds. The molecule has 0 aliphatic rings. The first-order chi connectivity index (χ1) is 9.73. The molecule has 0 aromatic heterocycles. The number of benzene rings is 1. The van der Waals surface area contributed by atoms with Crippen molar-refractivity contribution in [3.63, 3.8) is 0 Å². The highest BCUT2D eigenvalue weighted by Crippen LogP contribution is 2.36. The molecule has 0 spiro atoms. The average Bonchev–Trinajstić information content (AvgIpc) is 2.48. The van der Waals surface area contributed by atoms with Gasteiger partial charge in [-0.1, -0.05) is 26.0 Å². The van der Waals surface area contributed by atoms with Gasteiger partial charge in [-0.3, -0.25) is 4.90 Å². The Morgan fingerprint density at radius 3 is 2.20 bits per heavy atom. The number of rotatable bonds is 9. The van der Waals surface area contributed by atoms with Crippen molar-refractivity contribution in [2.24, 2.45) is 5.73 Å². The molecule has 0 heterocycles. The second-order valence-electron chi connectivity index (χ2n) is 4.87. The van der Waals surface area contributed by atoms with E-state index in [0.29, 0.717) is 6.54 Å². The van der Waals surface area contributed by atoms with E-state index in [2.05, 4.69) is 24.8 Å². The average molecular weight is 280 g/mol. The fourth-order valence-electron chi connectivity index (χ4n) is 2.65. The molecule has 0 aliphatic carbocycles. The van der Waals surface area contributed by atoms with Gasteiger partial charge in [-0.05, 0) is 32.0 Å². The van der Waals surface area contributed by atoms with E-state index in [1.54, 1.807) is 14.2 Å². The fourth-order valence-corrected chi connectivity index (χ4v) is 2.65. The van der Waals surface area contributed by atoms with Gasteiger partial charge >= 0.3 is 0 Å². The zero-order valence-corrected chi connectivity index (χ0v) is 13.2. The van der Waals surface area contributed by atoms with E-state index in [0.717, 1.165) is 43.0 Å². The number of nitrogens with two attached hydrogens (primary N) is 1. The van der Waals surface area contributed by atoms with E-state index in [-0.39, 0.29) is 6.04 Å². The van der Waals surface area contributed by atoms with Crippen LogP contribution in [0.15, 0.2) is 18.2 Å². The highest BCUT2D eigenvalue weighted by Gasteiger charge is 2.23. The fraction of sp³-hybridized carbons (Fsp3) is 0.625. The predicted octanol–water partition coefficient (Wildman–Crippen LogP) is 2.83. The van der Waals surface area contributed by atoms with Gasteiger partial charge in [0.15, 0.2) is 11.5 Å². The molecule has 1 aromatic rings. The Morgan fingerprint density at radius 1 is 1.10 bits per heavy atom. The van der Waals surface area contributed by atoms with Crippen LogP contribution in [-0.4, -0.2) is 38.8 Å². The first kappa shape index (κ1) is 16.8. The Kier molecular flexibility index (Phi) is 7.41. The Hall–Kier alpha value is -1.26. The Balaban J connectivity index is 3.15. The number of nitrogens with zero attached hydrogens (tertiary/aromatic N) is 1. The van der Waals surface area contributed by atoms with Gasteiger partial charge < -0.3 is 15.2 Å². The summed E-state index contributed by atoms with van der Waals surface area (Å²) in [5, 5.41) is 0. The maximum Gasteiger partial charge on any atom is 0.165 e. The number of hydrogen-bond acceptors (Lipinski definition) is 4. The smallest absolute Gasteiger partial charge is 0.165 e. The lowest BCUT2D eigenvalue weighted by Crippen LogP contribution is -2.35. The lowest BCUT2D eigenvalue weighted by Gasteiger charge is -2.32. The second-order valence-corrected chi connectivity index (χ2v) is 4.87. The van der Waals surface area contributed by atoms with E-state index < -0.39 is 0 Å². The number of hydrogen-bond donors (Lipinski definition) is 1. The molecule has 4 nitrogen and oxygen atoms in total. The third-order valence-electron chi connectivity index (χ3n) is 3.48. The van der Waals surface area contributed by atoms with Crippen LogP contribution in [0.5, 0.6) is 11.5 Å². The first-order valence-electron chi connectivity index (χ1n) is 7.38. The standard InChI is InChI=1S/C16H28N2O2/c1-5-10-18(11-6-2)14(12-17)13-8-7-9-15(19-3)16(13)20-4/h7-9,14H,5-6,10-12,17H2,1-4H3. The van der Waals surface area contributed by atoms with Crippen molar-refractivity contribution in [2.45, 2.75) is 32.7 Å². The molecule has 0 radical (unpaired) electrons. The summed E-state index contributed by atoms with van der Waals surface area (Å²) in [7, 11) is 3.34. The Morgan fingerprint density at radius 2 is 1.75 bits per heavy atom. The highest BCUT2D eigenvalue weighted by molar-refractivity contribution is 5.48. The van der Waals surface area contributed by atoms with E-state index in [1.807, 2.05) is 12.1 Å². The maximum atomic E-state index is 6.04. The van der Waals surface area contributed by atoms with Gasteiger partial charge in [-0.25, -0.2) is 0 Å². The molecule has 0 saturated heterocycles. The zero-order chi connectivity index (χ0) is 15.0. The van der Waals surface area contributed by atoms with Crippen molar-refractivity contribution in [3.8, 4) is 11.5 Å². The molecule has 1 unspecified atom stereocenters. The topological polar surface area (TPSA) is 47.7 Å². The quantitative estimate of drug-likeness (QED) is 0.755. The lowest BCUT2D eigenvalue weighted by atomic mass is 10.0. The van der Waals surface area contributed by atoms with Crippen LogP contribution in [-0.2, 0) is 0 Å². The molecule has 0 fully saturated rings. The molecule has 2 N–H and O–H groups in total. The van der Waals surface area contributed by atoms with Gasteiger partial charge in [-0.2, -0.15) is 0 Å². The largest absolute Gasteiger partial charge is 0.493 e. The summed E-state index contributed by atoms with van der Waals surface area (Å²) in [5.74, 6) is 1.55. The van der Waals surface area contributed by atoms with Crippen molar-refractivity contribution >= 4 is 0 Å². The minimum Gasteiger partial charge on any atom is -0.493 e. The van der Waals surface area contributed by atoms with E-state index in [4.69, 9.17) is 15.2 Å². The van der Waals surface area contributed by atoms with Crippen molar-refractivity contribution < 1.29 is 9.47 Å². The van der Waals surface area contributed by atoms with Crippen LogP contribution in [0.25, 0.3) is 0 Å². The summed E-state index contributed by atoms with van der Waals surface area (Å²) in [4.78, 5) is 2.43. The molecular formula is C16H28N2O2. The summed E-state index contributed by atoms with van der Waals surface area (Å²) in [6.45, 7) is 7.04. The van der Waals surface area contributed by atoms with Gasteiger partial charge in [0, 0.05) is 12.1 Å².